The first-order valence-corrected chi connectivity index (χ1v) is 10.4. The molecule has 0 spiro atoms. The van der Waals surface area contributed by atoms with Gasteiger partial charge < -0.3 is 4.74 Å². The van der Waals surface area contributed by atoms with Gasteiger partial charge in [0.15, 0.2) is 0 Å². The van der Waals surface area contributed by atoms with Crippen molar-refractivity contribution in [3.63, 3.8) is 0 Å². The lowest BCUT2D eigenvalue weighted by atomic mass is 9.76. The Morgan fingerprint density at radius 1 is 1.14 bits per heavy atom. The maximum Gasteiger partial charge on any atom is 0.233 e. The third-order valence-electron chi connectivity index (χ3n) is 3.98. The molecule has 2 rings (SSSR count). The second-order valence-electron chi connectivity index (χ2n) is 5.86. The Morgan fingerprint density at radius 3 is 2.33 bits per heavy atom. The third-order valence-corrected chi connectivity index (χ3v) is 5.80. The fraction of sp³-hybridized carbons (Fsp3) is 0.600. The summed E-state index contributed by atoms with van der Waals surface area (Å²) in [5.41, 5.74) is 0.770. The zero-order valence-electron chi connectivity index (χ0n) is 11.9. The first kappa shape index (κ1) is 17.3. The van der Waals surface area contributed by atoms with Gasteiger partial charge >= 0.3 is 0 Å². The highest BCUT2D eigenvalue weighted by Crippen LogP contribution is 2.38. The van der Waals surface area contributed by atoms with Crippen LogP contribution in [0.1, 0.15) is 37.7 Å². The molecule has 0 amide bonds. The van der Waals surface area contributed by atoms with Crippen molar-refractivity contribution < 1.29 is 13.2 Å². The van der Waals surface area contributed by atoms with Gasteiger partial charge in [-0.1, -0.05) is 47.3 Å². The topological polar surface area (TPSA) is 43.4 Å². The van der Waals surface area contributed by atoms with Gasteiger partial charge in [-0.05, 0) is 30.5 Å². The van der Waals surface area contributed by atoms with Crippen molar-refractivity contribution in [2.45, 2.75) is 38.7 Å². The van der Waals surface area contributed by atoms with E-state index >= 15 is 0 Å². The minimum Gasteiger partial charge on any atom is -0.376 e. The number of halogens is 2. The molecule has 1 saturated carbocycles. The lowest BCUT2D eigenvalue weighted by molar-refractivity contribution is 0.0242. The summed E-state index contributed by atoms with van der Waals surface area (Å²) >= 11 is 3.40. The molecule has 21 heavy (non-hydrogen) atoms. The van der Waals surface area contributed by atoms with Crippen LogP contribution >= 0.6 is 26.6 Å². The van der Waals surface area contributed by atoms with Gasteiger partial charge in [0.1, 0.15) is 0 Å². The van der Waals surface area contributed by atoms with Crippen LogP contribution in [0.15, 0.2) is 28.7 Å². The molecular weight excluding hydrogens is 376 g/mol. The molecule has 1 aromatic carbocycles. The van der Waals surface area contributed by atoms with Crippen LogP contribution in [0.3, 0.4) is 0 Å². The maximum absolute atomic E-state index is 11.5. The highest BCUT2D eigenvalue weighted by molar-refractivity contribution is 9.10. The summed E-state index contributed by atoms with van der Waals surface area (Å²) in [6, 6.07) is 7.93. The van der Waals surface area contributed by atoms with Crippen molar-refractivity contribution in [2.24, 2.45) is 5.41 Å². The third kappa shape index (κ3) is 5.89. The number of ether oxygens (including phenoxy) is 1. The molecule has 0 saturated heterocycles. The highest BCUT2D eigenvalue weighted by atomic mass is 79.9. The van der Waals surface area contributed by atoms with E-state index in [4.69, 9.17) is 15.4 Å². The Morgan fingerprint density at radius 2 is 1.76 bits per heavy atom. The molecule has 0 radical (unpaired) electrons. The van der Waals surface area contributed by atoms with Gasteiger partial charge in [-0.3, -0.25) is 0 Å². The Bertz CT molecular complexity index is 551. The lowest BCUT2D eigenvalue weighted by Gasteiger charge is -2.36. The van der Waals surface area contributed by atoms with E-state index in [1.165, 1.54) is 0 Å². The van der Waals surface area contributed by atoms with E-state index in [-0.39, 0.29) is 11.2 Å². The van der Waals surface area contributed by atoms with Gasteiger partial charge in [-0.2, -0.15) is 0 Å². The van der Waals surface area contributed by atoms with Crippen LogP contribution in [0, 0.1) is 5.41 Å². The second-order valence-corrected chi connectivity index (χ2v) is 9.56. The van der Waals surface area contributed by atoms with Gasteiger partial charge in [0.05, 0.1) is 19.0 Å². The molecule has 1 fully saturated rings. The van der Waals surface area contributed by atoms with Crippen molar-refractivity contribution in [3.8, 4) is 0 Å². The molecule has 1 aliphatic carbocycles. The summed E-state index contributed by atoms with van der Waals surface area (Å²) in [6.07, 6.45) is 5.01. The van der Waals surface area contributed by atoms with Crippen molar-refractivity contribution in [2.75, 3.05) is 12.4 Å². The number of benzene rings is 1. The number of rotatable bonds is 6. The first-order valence-electron chi connectivity index (χ1n) is 7.13. The Kier molecular flexibility index (Phi) is 6.12. The summed E-state index contributed by atoms with van der Waals surface area (Å²) < 4.78 is 29.8. The fourth-order valence-corrected chi connectivity index (χ4v) is 5.03. The predicted octanol–water partition coefficient (Wildman–Crippen LogP) is 4.48. The molecular formula is C15H20BrClO3S. The van der Waals surface area contributed by atoms with Crippen LogP contribution in [-0.2, 0) is 20.4 Å². The van der Waals surface area contributed by atoms with E-state index in [2.05, 4.69) is 15.9 Å². The van der Waals surface area contributed by atoms with Gasteiger partial charge in [-0.15, -0.1) is 0 Å². The average molecular weight is 396 g/mol. The number of hydrogen-bond acceptors (Lipinski definition) is 3. The van der Waals surface area contributed by atoms with Crippen LogP contribution in [-0.4, -0.2) is 20.8 Å². The largest absolute Gasteiger partial charge is 0.376 e. The Labute approximate surface area is 139 Å². The summed E-state index contributed by atoms with van der Waals surface area (Å²) in [4.78, 5) is 0. The van der Waals surface area contributed by atoms with Gasteiger partial charge in [0, 0.05) is 20.6 Å². The van der Waals surface area contributed by atoms with E-state index in [1.807, 2.05) is 24.3 Å². The molecule has 118 valence electrons. The molecule has 0 bridgehead atoms. The van der Waals surface area contributed by atoms with Crippen molar-refractivity contribution in [1.82, 2.24) is 0 Å². The monoisotopic (exact) mass is 394 g/mol. The fourth-order valence-electron chi connectivity index (χ4n) is 2.96. The van der Waals surface area contributed by atoms with E-state index in [0.717, 1.165) is 42.1 Å². The van der Waals surface area contributed by atoms with Gasteiger partial charge in [0.25, 0.3) is 0 Å². The first-order chi connectivity index (χ1) is 9.89. The van der Waals surface area contributed by atoms with Crippen molar-refractivity contribution in [1.29, 1.82) is 0 Å². The summed E-state index contributed by atoms with van der Waals surface area (Å²) in [5, 5.41) is 0. The molecule has 0 aliphatic heterocycles. The zero-order valence-corrected chi connectivity index (χ0v) is 15.0. The lowest BCUT2D eigenvalue weighted by Crippen LogP contribution is -2.35. The summed E-state index contributed by atoms with van der Waals surface area (Å²) in [5.74, 6) is 0.0158. The molecule has 0 heterocycles. The molecule has 3 nitrogen and oxygen atoms in total. The average Bonchev–Trinajstić information content (AvgIpc) is 2.40. The molecule has 6 heteroatoms. The van der Waals surface area contributed by atoms with Crippen molar-refractivity contribution in [3.05, 3.63) is 34.3 Å². The van der Waals surface area contributed by atoms with Crippen LogP contribution in [0.5, 0.6) is 0 Å². The van der Waals surface area contributed by atoms with Crippen LogP contribution < -0.4 is 0 Å². The standard InChI is InChI=1S/C15H20BrClO3S/c16-14-6-4-13(5-7-14)10-20-11-15(12-21(17,18)19)8-2-1-3-9-15/h4-7H,1-3,8-12H2. The van der Waals surface area contributed by atoms with Crippen LogP contribution in [0.4, 0.5) is 0 Å². The number of hydrogen-bond donors (Lipinski definition) is 0. The summed E-state index contributed by atoms with van der Waals surface area (Å²) in [7, 11) is 1.98. The molecule has 0 aromatic heterocycles. The quantitative estimate of drug-likeness (QED) is 0.667. The Balaban J connectivity index is 1.94. The van der Waals surface area contributed by atoms with E-state index in [9.17, 15) is 8.42 Å². The minimum atomic E-state index is -3.50. The molecule has 0 atom stereocenters. The predicted molar refractivity (Wildman–Crippen MR) is 89.0 cm³/mol. The van der Waals surface area contributed by atoms with Crippen LogP contribution in [0.25, 0.3) is 0 Å². The highest BCUT2D eigenvalue weighted by Gasteiger charge is 2.36. The molecule has 0 unspecified atom stereocenters. The zero-order chi connectivity index (χ0) is 15.3. The van der Waals surface area contributed by atoms with E-state index in [0.29, 0.717) is 13.2 Å². The van der Waals surface area contributed by atoms with E-state index < -0.39 is 9.05 Å². The molecule has 1 aromatic rings. The van der Waals surface area contributed by atoms with Gasteiger partial charge in [-0.25, -0.2) is 8.42 Å². The molecule has 0 N–H and O–H groups in total. The summed E-state index contributed by atoms with van der Waals surface area (Å²) in [6.45, 7) is 0.951. The van der Waals surface area contributed by atoms with Crippen molar-refractivity contribution >= 4 is 35.7 Å². The van der Waals surface area contributed by atoms with E-state index in [1.54, 1.807) is 0 Å². The SMILES string of the molecule is O=S(=O)(Cl)CC1(COCc2ccc(Br)cc2)CCCCC1. The maximum atomic E-state index is 11.5. The van der Waals surface area contributed by atoms with Gasteiger partial charge in [0.2, 0.25) is 9.05 Å². The van der Waals surface area contributed by atoms with Crippen LogP contribution in [0.2, 0.25) is 0 Å². The second kappa shape index (κ2) is 7.44. The normalized spacial score (nSPS) is 18.6. The molecule has 1 aliphatic rings. The smallest absolute Gasteiger partial charge is 0.233 e. The minimum absolute atomic E-state index is 0.0158. The Hall–Kier alpha value is -0.100.